The standard InChI is InChI=1S/C16H27NO4SSi/c1-9(21-23(6,7)16(2,3)4)12-10-8-11(22-5)13(15(19)20)17(10)14(12)18/h9-10,12H,8H2,1-7H3,(H,19,20)/t9-,10-,12-/m1/s1. The lowest BCUT2D eigenvalue weighted by atomic mass is 9.83. The number of fused-ring (bicyclic) bond motifs is 1. The number of β-lactam (4-membered cyclic amide) rings is 1. The maximum atomic E-state index is 12.6. The number of aliphatic carboxylic acids is 1. The van der Waals surface area contributed by atoms with E-state index in [2.05, 4.69) is 33.9 Å². The quantitative estimate of drug-likeness (QED) is 0.604. The first-order valence-corrected chi connectivity index (χ1v) is 12.1. The summed E-state index contributed by atoms with van der Waals surface area (Å²) >= 11 is 1.42. The molecule has 0 aromatic heterocycles. The Morgan fingerprint density at radius 3 is 2.43 bits per heavy atom. The van der Waals surface area contributed by atoms with Gasteiger partial charge in [-0.25, -0.2) is 4.79 Å². The maximum absolute atomic E-state index is 12.6. The van der Waals surface area contributed by atoms with Crippen molar-refractivity contribution in [2.45, 2.75) is 64.4 Å². The molecule has 0 unspecified atom stereocenters. The highest BCUT2D eigenvalue weighted by molar-refractivity contribution is 8.02. The van der Waals surface area contributed by atoms with Crippen molar-refractivity contribution >= 4 is 32.0 Å². The van der Waals surface area contributed by atoms with E-state index < -0.39 is 14.3 Å². The molecular formula is C16H27NO4SSi. The van der Waals surface area contributed by atoms with Crippen LogP contribution in [0.5, 0.6) is 0 Å². The Balaban J connectivity index is 2.15. The van der Waals surface area contributed by atoms with Crippen LogP contribution < -0.4 is 0 Å². The van der Waals surface area contributed by atoms with Gasteiger partial charge in [-0.05, 0) is 31.3 Å². The van der Waals surface area contributed by atoms with Crippen LogP contribution in [0.1, 0.15) is 34.1 Å². The van der Waals surface area contributed by atoms with E-state index >= 15 is 0 Å². The smallest absolute Gasteiger partial charge is 0.353 e. The van der Waals surface area contributed by atoms with Gasteiger partial charge >= 0.3 is 5.97 Å². The predicted octanol–water partition coefficient (Wildman–Crippen LogP) is 3.29. The van der Waals surface area contributed by atoms with E-state index in [1.165, 1.54) is 16.7 Å². The van der Waals surface area contributed by atoms with Gasteiger partial charge in [0.05, 0.1) is 18.1 Å². The first kappa shape index (κ1) is 18.5. The topological polar surface area (TPSA) is 66.8 Å². The molecule has 0 aromatic rings. The van der Waals surface area contributed by atoms with E-state index in [0.717, 1.165) is 4.91 Å². The number of nitrogens with zero attached hydrogens (tertiary/aromatic N) is 1. The molecule has 5 nitrogen and oxygen atoms in total. The summed E-state index contributed by atoms with van der Waals surface area (Å²) < 4.78 is 6.37. The largest absolute Gasteiger partial charge is 0.477 e. The van der Waals surface area contributed by atoms with Gasteiger partial charge in [-0.2, -0.15) is 0 Å². The minimum Gasteiger partial charge on any atom is -0.477 e. The SMILES string of the molecule is CSC1=C(C(=O)O)N2C(=O)[C@H]([C@@H](C)O[Si](C)(C)C(C)(C)C)[C@H]2C1. The second kappa shape index (κ2) is 5.93. The number of hydrogen-bond donors (Lipinski definition) is 1. The van der Waals surface area contributed by atoms with E-state index in [1.54, 1.807) is 0 Å². The van der Waals surface area contributed by atoms with Crippen LogP contribution >= 0.6 is 11.8 Å². The minimum absolute atomic E-state index is 0.0594. The number of carbonyl (C=O) groups is 2. The monoisotopic (exact) mass is 357 g/mol. The Bertz CT molecular complexity index is 567. The molecule has 1 fully saturated rings. The Labute approximate surface area is 143 Å². The zero-order valence-corrected chi connectivity index (χ0v) is 16.8. The van der Waals surface area contributed by atoms with Crippen molar-refractivity contribution in [1.82, 2.24) is 4.90 Å². The molecule has 0 spiro atoms. The molecule has 1 amide bonds. The zero-order chi connectivity index (χ0) is 17.7. The third-order valence-corrected chi connectivity index (χ3v) is 10.8. The van der Waals surface area contributed by atoms with Gasteiger partial charge in [0, 0.05) is 11.3 Å². The summed E-state index contributed by atoms with van der Waals surface area (Å²) in [4.78, 5) is 26.3. The molecule has 2 heterocycles. The predicted molar refractivity (Wildman–Crippen MR) is 94.7 cm³/mol. The second-order valence-corrected chi connectivity index (χ2v) is 13.5. The Morgan fingerprint density at radius 2 is 2.00 bits per heavy atom. The van der Waals surface area contributed by atoms with Gasteiger partial charge in [0.1, 0.15) is 5.70 Å². The summed E-state index contributed by atoms with van der Waals surface area (Å²) in [6.07, 6.45) is 2.31. The van der Waals surface area contributed by atoms with E-state index in [9.17, 15) is 14.7 Å². The third kappa shape index (κ3) is 2.98. The van der Waals surface area contributed by atoms with Crippen molar-refractivity contribution in [3.8, 4) is 0 Å². The van der Waals surface area contributed by atoms with Crippen molar-refractivity contribution < 1.29 is 19.1 Å². The lowest BCUT2D eigenvalue weighted by Gasteiger charge is -2.48. The molecule has 0 bridgehead atoms. The number of amides is 1. The maximum Gasteiger partial charge on any atom is 0.353 e. The van der Waals surface area contributed by atoms with Crippen LogP contribution in [0.4, 0.5) is 0 Å². The summed E-state index contributed by atoms with van der Waals surface area (Å²) in [7, 11) is -1.96. The number of rotatable bonds is 5. The highest BCUT2D eigenvalue weighted by Gasteiger charge is 2.58. The second-order valence-electron chi connectivity index (χ2n) is 7.87. The molecular weight excluding hydrogens is 330 g/mol. The van der Waals surface area contributed by atoms with Crippen molar-refractivity contribution in [3.05, 3.63) is 10.6 Å². The van der Waals surface area contributed by atoms with Gasteiger partial charge in [0.25, 0.3) is 0 Å². The van der Waals surface area contributed by atoms with Crippen LogP contribution in [0.3, 0.4) is 0 Å². The van der Waals surface area contributed by atoms with Crippen molar-refractivity contribution in [2.24, 2.45) is 5.92 Å². The molecule has 0 aromatic carbocycles. The highest BCUT2D eigenvalue weighted by Crippen LogP contribution is 2.48. The fourth-order valence-electron chi connectivity index (χ4n) is 3.11. The van der Waals surface area contributed by atoms with Gasteiger partial charge in [-0.15, -0.1) is 11.8 Å². The summed E-state index contributed by atoms with van der Waals surface area (Å²) in [5.74, 6) is -1.35. The molecule has 130 valence electrons. The van der Waals surface area contributed by atoms with Crippen LogP contribution in [0.15, 0.2) is 10.6 Å². The van der Waals surface area contributed by atoms with E-state index in [4.69, 9.17) is 4.43 Å². The summed E-state index contributed by atoms with van der Waals surface area (Å²) in [5, 5.41) is 9.46. The Kier molecular flexibility index (Phi) is 4.78. The Hall–Kier alpha value is -0.793. The van der Waals surface area contributed by atoms with Gasteiger partial charge < -0.3 is 14.4 Å². The van der Waals surface area contributed by atoms with Crippen LogP contribution in [0.25, 0.3) is 0 Å². The zero-order valence-electron chi connectivity index (χ0n) is 15.0. The van der Waals surface area contributed by atoms with Crippen LogP contribution in [-0.2, 0) is 14.0 Å². The normalized spacial score (nSPS) is 26.2. The fourth-order valence-corrected chi connectivity index (χ4v) is 5.26. The average Bonchev–Trinajstić information content (AvgIpc) is 2.71. The summed E-state index contributed by atoms with van der Waals surface area (Å²) in [6, 6.07) is -0.0594. The summed E-state index contributed by atoms with van der Waals surface area (Å²) in [5.41, 5.74) is 0.170. The van der Waals surface area contributed by atoms with Crippen LogP contribution in [0, 0.1) is 5.92 Å². The molecule has 1 saturated heterocycles. The van der Waals surface area contributed by atoms with Crippen molar-refractivity contribution in [1.29, 1.82) is 0 Å². The van der Waals surface area contributed by atoms with Gasteiger partial charge in [0.2, 0.25) is 5.91 Å². The molecule has 0 aliphatic carbocycles. The van der Waals surface area contributed by atoms with E-state index in [-0.39, 0.29) is 34.7 Å². The number of thioether (sulfide) groups is 1. The molecule has 3 atom stereocenters. The summed E-state index contributed by atoms with van der Waals surface area (Å²) in [6.45, 7) is 12.8. The van der Waals surface area contributed by atoms with E-state index in [1.807, 2.05) is 13.2 Å². The number of carboxylic acid groups (broad SMARTS) is 1. The molecule has 2 rings (SSSR count). The molecule has 23 heavy (non-hydrogen) atoms. The third-order valence-electron chi connectivity index (χ3n) is 5.41. The molecule has 2 aliphatic rings. The number of carbonyl (C=O) groups excluding carboxylic acids is 1. The Morgan fingerprint density at radius 1 is 1.43 bits per heavy atom. The molecule has 0 saturated carbocycles. The van der Waals surface area contributed by atoms with Gasteiger partial charge in [-0.1, -0.05) is 20.8 Å². The molecule has 1 N–H and O–H groups in total. The first-order valence-electron chi connectivity index (χ1n) is 7.93. The van der Waals surface area contributed by atoms with Gasteiger partial charge in [0.15, 0.2) is 8.32 Å². The van der Waals surface area contributed by atoms with Crippen molar-refractivity contribution in [3.63, 3.8) is 0 Å². The van der Waals surface area contributed by atoms with Crippen molar-refractivity contribution in [2.75, 3.05) is 6.26 Å². The molecule has 2 aliphatic heterocycles. The fraction of sp³-hybridized carbons (Fsp3) is 0.750. The lowest BCUT2D eigenvalue weighted by molar-refractivity contribution is -0.160. The molecule has 7 heteroatoms. The highest BCUT2D eigenvalue weighted by atomic mass is 32.2. The van der Waals surface area contributed by atoms with Crippen LogP contribution in [-0.4, -0.2) is 48.6 Å². The molecule has 0 radical (unpaired) electrons. The first-order chi connectivity index (χ1) is 10.4. The van der Waals surface area contributed by atoms with Gasteiger partial charge in [-0.3, -0.25) is 4.79 Å². The number of hydrogen-bond acceptors (Lipinski definition) is 4. The number of carboxylic acids is 1. The average molecular weight is 358 g/mol. The van der Waals surface area contributed by atoms with E-state index in [0.29, 0.717) is 6.42 Å². The lowest BCUT2D eigenvalue weighted by Crippen LogP contribution is -2.63. The van der Waals surface area contributed by atoms with Crippen LogP contribution in [0.2, 0.25) is 18.1 Å². The minimum atomic E-state index is -1.96.